The van der Waals surface area contributed by atoms with Crippen molar-refractivity contribution in [3.63, 3.8) is 0 Å². The largest absolute Gasteiger partial charge is 0.480 e. The van der Waals surface area contributed by atoms with E-state index in [9.17, 15) is 14.4 Å². The van der Waals surface area contributed by atoms with Crippen LogP contribution in [-0.2, 0) is 20.8 Å². The third kappa shape index (κ3) is 10.3. The number of benzene rings is 1. The molecule has 0 fully saturated rings. The van der Waals surface area contributed by atoms with Crippen molar-refractivity contribution in [2.24, 2.45) is 5.73 Å². The van der Waals surface area contributed by atoms with Gasteiger partial charge in [-0.2, -0.15) is 0 Å². The van der Waals surface area contributed by atoms with Crippen LogP contribution in [0.1, 0.15) is 25.8 Å². The van der Waals surface area contributed by atoms with Gasteiger partial charge < -0.3 is 26.4 Å². The summed E-state index contributed by atoms with van der Waals surface area (Å²) in [6.07, 6.45) is -0.431. The topological polar surface area (TPSA) is 150 Å². The third-order valence-electron chi connectivity index (χ3n) is 2.84. The van der Waals surface area contributed by atoms with Gasteiger partial charge in [-0.05, 0) is 25.8 Å². The molecule has 8 nitrogen and oxygen atoms in total. The fourth-order valence-electron chi connectivity index (χ4n) is 1.59. The van der Waals surface area contributed by atoms with Crippen LogP contribution in [0.25, 0.3) is 0 Å². The average molecular weight is 340 g/mol. The number of nitrogens with one attached hydrogen (secondary N) is 1. The normalized spacial score (nSPS) is 13.7. The van der Waals surface area contributed by atoms with Gasteiger partial charge in [0.15, 0.2) is 0 Å². The Morgan fingerprint density at radius 2 is 1.62 bits per heavy atom. The van der Waals surface area contributed by atoms with Gasteiger partial charge in [0.25, 0.3) is 0 Å². The maximum Gasteiger partial charge on any atom is 0.325 e. The quantitative estimate of drug-likeness (QED) is 0.468. The van der Waals surface area contributed by atoms with Gasteiger partial charge in [0.05, 0.1) is 12.5 Å². The molecule has 8 heteroatoms. The number of aliphatic hydroxyl groups is 1. The molecule has 1 rings (SSSR count). The highest BCUT2D eigenvalue weighted by Gasteiger charge is 2.14. The number of carboxylic acid groups (broad SMARTS) is 2. The Morgan fingerprint density at radius 3 is 2.04 bits per heavy atom. The second-order valence-corrected chi connectivity index (χ2v) is 5.32. The lowest BCUT2D eigenvalue weighted by atomic mass is 10.1. The van der Waals surface area contributed by atoms with Crippen molar-refractivity contribution in [3.8, 4) is 0 Å². The second-order valence-electron chi connectivity index (χ2n) is 5.32. The Kier molecular flexibility index (Phi) is 10.0. The summed E-state index contributed by atoms with van der Waals surface area (Å²) in [4.78, 5) is 31.5. The van der Waals surface area contributed by atoms with Crippen LogP contribution < -0.4 is 11.1 Å². The number of hydrogen-bond acceptors (Lipinski definition) is 5. The van der Waals surface area contributed by atoms with E-state index in [0.29, 0.717) is 6.42 Å². The van der Waals surface area contributed by atoms with Crippen molar-refractivity contribution in [2.75, 3.05) is 0 Å². The number of carbonyl (C=O) groups excluding carboxylic acids is 1. The molecule has 134 valence electrons. The van der Waals surface area contributed by atoms with Crippen LogP contribution in [0.5, 0.6) is 0 Å². The summed E-state index contributed by atoms with van der Waals surface area (Å²) in [6, 6.07) is 7.64. The Labute approximate surface area is 140 Å². The van der Waals surface area contributed by atoms with Crippen LogP contribution in [0, 0.1) is 0 Å². The van der Waals surface area contributed by atoms with Crippen molar-refractivity contribution in [1.82, 2.24) is 5.32 Å². The number of rotatable bonds is 7. The molecular formula is C16H24N2O6. The zero-order valence-corrected chi connectivity index (χ0v) is 13.7. The first-order valence-corrected chi connectivity index (χ1v) is 7.36. The van der Waals surface area contributed by atoms with Crippen LogP contribution >= 0.6 is 0 Å². The maximum absolute atomic E-state index is 10.8. The van der Waals surface area contributed by atoms with Gasteiger partial charge >= 0.3 is 11.9 Å². The van der Waals surface area contributed by atoms with Crippen LogP contribution in [0.4, 0.5) is 0 Å². The average Bonchev–Trinajstić information content (AvgIpc) is 2.47. The SMILES string of the molecule is CC(O)CC(=O)NC(C)C(=O)O.NC(Cc1ccccc1)C(=O)O. The zero-order valence-electron chi connectivity index (χ0n) is 13.7. The Balaban J connectivity index is 0.000000441. The van der Waals surface area contributed by atoms with E-state index in [1.807, 2.05) is 30.3 Å². The zero-order chi connectivity index (χ0) is 18.7. The molecule has 3 unspecified atom stereocenters. The number of hydrogen-bond donors (Lipinski definition) is 5. The van der Waals surface area contributed by atoms with E-state index >= 15 is 0 Å². The molecule has 6 N–H and O–H groups in total. The molecule has 0 heterocycles. The minimum atomic E-state index is -1.09. The van der Waals surface area contributed by atoms with Gasteiger partial charge in [0, 0.05) is 0 Å². The van der Waals surface area contributed by atoms with E-state index in [-0.39, 0.29) is 6.42 Å². The first kappa shape index (κ1) is 21.6. The van der Waals surface area contributed by atoms with Crippen molar-refractivity contribution in [2.45, 2.75) is 44.9 Å². The minimum absolute atomic E-state index is 0.0718. The molecule has 3 atom stereocenters. The smallest absolute Gasteiger partial charge is 0.325 e. The van der Waals surface area contributed by atoms with Crippen molar-refractivity contribution in [1.29, 1.82) is 0 Å². The first-order valence-electron chi connectivity index (χ1n) is 7.36. The molecule has 24 heavy (non-hydrogen) atoms. The van der Waals surface area contributed by atoms with Crippen LogP contribution in [0.15, 0.2) is 30.3 Å². The van der Waals surface area contributed by atoms with E-state index in [1.165, 1.54) is 13.8 Å². The predicted octanol–water partition coefficient (Wildman–Crippen LogP) is -0.0124. The lowest BCUT2D eigenvalue weighted by Crippen LogP contribution is -2.39. The molecule has 1 amide bonds. The molecular weight excluding hydrogens is 316 g/mol. The molecule has 0 radical (unpaired) electrons. The maximum atomic E-state index is 10.8. The molecule has 0 saturated heterocycles. The summed E-state index contributed by atoms with van der Waals surface area (Å²) in [5, 5.41) is 27.9. The van der Waals surface area contributed by atoms with Gasteiger partial charge in [0.1, 0.15) is 12.1 Å². The summed E-state index contributed by atoms with van der Waals surface area (Å²) in [5.74, 6) is -2.51. The summed E-state index contributed by atoms with van der Waals surface area (Å²) >= 11 is 0. The van der Waals surface area contributed by atoms with Crippen molar-refractivity contribution >= 4 is 17.8 Å². The number of amides is 1. The summed E-state index contributed by atoms with van der Waals surface area (Å²) in [7, 11) is 0. The van der Waals surface area contributed by atoms with Gasteiger partial charge in [-0.1, -0.05) is 30.3 Å². The summed E-state index contributed by atoms with van der Waals surface area (Å²) in [5.41, 5.74) is 6.30. The van der Waals surface area contributed by atoms with Gasteiger partial charge in [-0.15, -0.1) is 0 Å². The monoisotopic (exact) mass is 340 g/mol. The molecule has 0 aliphatic carbocycles. The van der Waals surface area contributed by atoms with E-state index in [4.69, 9.17) is 21.1 Å². The van der Waals surface area contributed by atoms with E-state index in [1.54, 1.807) is 0 Å². The number of nitrogens with two attached hydrogens (primary N) is 1. The molecule has 0 aromatic heterocycles. The predicted molar refractivity (Wildman–Crippen MR) is 87.3 cm³/mol. The highest BCUT2D eigenvalue weighted by molar-refractivity contribution is 5.83. The number of aliphatic carboxylic acids is 2. The summed E-state index contributed by atoms with van der Waals surface area (Å²) in [6.45, 7) is 2.83. The fourth-order valence-corrected chi connectivity index (χ4v) is 1.59. The molecule has 1 aromatic rings. The minimum Gasteiger partial charge on any atom is -0.480 e. The van der Waals surface area contributed by atoms with Crippen LogP contribution in [0.2, 0.25) is 0 Å². The van der Waals surface area contributed by atoms with Crippen molar-refractivity contribution in [3.05, 3.63) is 35.9 Å². The van der Waals surface area contributed by atoms with Crippen molar-refractivity contribution < 1.29 is 29.7 Å². The molecule has 0 aliphatic rings. The first-order chi connectivity index (χ1) is 11.1. The standard InChI is InChI=1S/C9H11NO2.C7H13NO4/c10-8(9(11)12)6-7-4-2-1-3-5-7;1-4(9)3-6(10)8-5(2)7(11)12/h1-5,8H,6,10H2,(H,11,12);4-5,9H,3H2,1-2H3,(H,8,10)(H,11,12). The van der Waals surface area contributed by atoms with Gasteiger partial charge in [-0.25, -0.2) is 0 Å². The van der Waals surface area contributed by atoms with Crippen LogP contribution in [0.3, 0.4) is 0 Å². The van der Waals surface area contributed by atoms with E-state index < -0.39 is 36.0 Å². The number of aliphatic hydroxyl groups excluding tert-OH is 1. The Hall–Kier alpha value is -2.45. The molecule has 0 saturated carbocycles. The second kappa shape index (κ2) is 11.1. The third-order valence-corrected chi connectivity index (χ3v) is 2.84. The Bertz CT molecular complexity index is 533. The molecule has 1 aromatic carbocycles. The highest BCUT2D eigenvalue weighted by atomic mass is 16.4. The van der Waals surface area contributed by atoms with Gasteiger partial charge in [0.2, 0.25) is 5.91 Å². The lowest BCUT2D eigenvalue weighted by Gasteiger charge is -2.09. The van der Waals surface area contributed by atoms with E-state index in [2.05, 4.69) is 5.32 Å². The number of carbonyl (C=O) groups is 3. The molecule has 0 aliphatic heterocycles. The fraction of sp³-hybridized carbons (Fsp3) is 0.438. The molecule has 0 bridgehead atoms. The lowest BCUT2D eigenvalue weighted by molar-refractivity contribution is -0.141. The highest BCUT2D eigenvalue weighted by Crippen LogP contribution is 2.01. The van der Waals surface area contributed by atoms with Crippen LogP contribution in [-0.4, -0.2) is 51.4 Å². The number of carboxylic acids is 2. The van der Waals surface area contributed by atoms with E-state index in [0.717, 1.165) is 5.56 Å². The van der Waals surface area contributed by atoms with Gasteiger partial charge in [-0.3, -0.25) is 14.4 Å². The summed E-state index contributed by atoms with van der Waals surface area (Å²) < 4.78 is 0. The molecule has 0 spiro atoms. The Morgan fingerprint density at radius 1 is 1.08 bits per heavy atom.